The van der Waals surface area contributed by atoms with Crippen LogP contribution in [0, 0.1) is 0 Å². The Labute approximate surface area is 134 Å². The van der Waals surface area contributed by atoms with E-state index in [4.69, 9.17) is 9.47 Å². The number of morpholine rings is 1. The van der Waals surface area contributed by atoms with Gasteiger partial charge in [-0.1, -0.05) is 0 Å². The quantitative estimate of drug-likeness (QED) is 0.791. The largest absolute Gasteiger partial charge is 0.370 e. The Balaban J connectivity index is 1.50. The molecule has 0 spiro atoms. The van der Waals surface area contributed by atoms with Crippen molar-refractivity contribution in [3.8, 4) is 0 Å². The van der Waals surface area contributed by atoms with E-state index in [0.29, 0.717) is 26.3 Å². The first-order valence-corrected chi connectivity index (χ1v) is 7.56. The summed E-state index contributed by atoms with van der Waals surface area (Å²) in [4.78, 5) is 14.1. The van der Waals surface area contributed by atoms with Gasteiger partial charge < -0.3 is 14.4 Å². The molecule has 3 rings (SSSR count). The first kappa shape index (κ1) is 15.7. The zero-order chi connectivity index (χ0) is 16.2. The maximum atomic E-state index is 12.3. The first-order valence-electron chi connectivity index (χ1n) is 7.56. The van der Waals surface area contributed by atoms with Gasteiger partial charge in [0.25, 0.3) is 0 Å². The number of aromatic nitrogens is 4. The van der Waals surface area contributed by atoms with Crippen molar-refractivity contribution in [3.63, 3.8) is 0 Å². The average Bonchev–Trinajstić information content (AvgIpc) is 3.16. The Kier molecular flexibility index (Phi) is 4.73. The van der Waals surface area contributed by atoms with E-state index < -0.39 is 0 Å². The van der Waals surface area contributed by atoms with E-state index in [-0.39, 0.29) is 18.6 Å². The SMILES string of the molecule is Cn1cc(C2CN(C(=O)COCc3ccnn3C)CCO2)cn1. The molecule has 8 nitrogen and oxygen atoms in total. The maximum Gasteiger partial charge on any atom is 0.248 e. The van der Waals surface area contributed by atoms with E-state index >= 15 is 0 Å². The van der Waals surface area contributed by atoms with Crippen LogP contribution in [0.2, 0.25) is 0 Å². The highest BCUT2D eigenvalue weighted by Gasteiger charge is 2.26. The van der Waals surface area contributed by atoms with Crippen molar-refractivity contribution in [2.45, 2.75) is 12.7 Å². The number of amides is 1. The maximum absolute atomic E-state index is 12.3. The zero-order valence-corrected chi connectivity index (χ0v) is 13.4. The molecule has 1 fully saturated rings. The van der Waals surface area contributed by atoms with E-state index in [1.165, 1.54) is 0 Å². The van der Waals surface area contributed by atoms with Gasteiger partial charge in [-0.3, -0.25) is 14.2 Å². The van der Waals surface area contributed by atoms with E-state index in [9.17, 15) is 4.79 Å². The van der Waals surface area contributed by atoms with Gasteiger partial charge >= 0.3 is 0 Å². The van der Waals surface area contributed by atoms with Crippen molar-refractivity contribution in [3.05, 3.63) is 35.9 Å². The average molecular weight is 319 g/mol. The Morgan fingerprint density at radius 2 is 2.30 bits per heavy atom. The third-order valence-electron chi connectivity index (χ3n) is 3.91. The van der Waals surface area contributed by atoms with Crippen LogP contribution in [0.1, 0.15) is 17.4 Å². The molecule has 0 radical (unpaired) electrons. The highest BCUT2D eigenvalue weighted by molar-refractivity contribution is 5.77. The van der Waals surface area contributed by atoms with Crippen molar-refractivity contribution in [2.75, 3.05) is 26.3 Å². The Hall–Kier alpha value is -2.19. The lowest BCUT2D eigenvalue weighted by Gasteiger charge is -2.32. The number of rotatable bonds is 5. The van der Waals surface area contributed by atoms with Gasteiger partial charge in [-0.15, -0.1) is 0 Å². The summed E-state index contributed by atoms with van der Waals surface area (Å²) in [5, 5.41) is 8.21. The summed E-state index contributed by atoms with van der Waals surface area (Å²) in [7, 11) is 3.71. The predicted octanol–water partition coefficient (Wildman–Crippen LogP) is 0.270. The Morgan fingerprint density at radius 3 is 3.00 bits per heavy atom. The molecule has 1 amide bonds. The second-order valence-corrected chi connectivity index (χ2v) is 5.59. The summed E-state index contributed by atoms with van der Waals surface area (Å²) < 4.78 is 14.7. The highest BCUT2D eigenvalue weighted by atomic mass is 16.5. The molecule has 2 aromatic rings. The van der Waals surface area contributed by atoms with Crippen LogP contribution in [0.25, 0.3) is 0 Å². The molecule has 124 valence electrons. The molecule has 1 aliphatic rings. The molecule has 8 heteroatoms. The van der Waals surface area contributed by atoms with Gasteiger partial charge in [0.05, 0.1) is 31.6 Å². The van der Waals surface area contributed by atoms with Gasteiger partial charge in [0.15, 0.2) is 0 Å². The number of hydrogen-bond acceptors (Lipinski definition) is 5. The lowest BCUT2D eigenvalue weighted by Crippen LogP contribution is -2.43. The predicted molar refractivity (Wildman–Crippen MR) is 81.3 cm³/mol. The summed E-state index contributed by atoms with van der Waals surface area (Å²) in [5.74, 6) is -0.0237. The van der Waals surface area contributed by atoms with Crippen molar-refractivity contribution in [2.24, 2.45) is 14.1 Å². The lowest BCUT2D eigenvalue weighted by molar-refractivity contribution is -0.144. The van der Waals surface area contributed by atoms with Gasteiger partial charge in [-0.2, -0.15) is 10.2 Å². The van der Waals surface area contributed by atoms with Crippen LogP contribution in [0.15, 0.2) is 24.7 Å². The van der Waals surface area contributed by atoms with Crippen LogP contribution >= 0.6 is 0 Å². The molecular formula is C15H21N5O3. The van der Waals surface area contributed by atoms with E-state index in [1.54, 1.807) is 26.7 Å². The fourth-order valence-electron chi connectivity index (χ4n) is 2.56. The normalized spacial score (nSPS) is 18.3. The first-order chi connectivity index (χ1) is 11.1. The lowest BCUT2D eigenvalue weighted by atomic mass is 10.1. The Bertz CT molecular complexity index is 666. The second kappa shape index (κ2) is 6.93. The van der Waals surface area contributed by atoms with E-state index in [0.717, 1.165) is 11.3 Å². The monoisotopic (exact) mass is 319 g/mol. The number of carbonyl (C=O) groups is 1. The molecule has 0 bridgehead atoms. The minimum atomic E-state index is -0.126. The molecule has 3 heterocycles. The number of ether oxygens (including phenoxy) is 2. The molecule has 2 aromatic heterocycles. The van der Waals surface area contributed by atoms with Crippen LogP contribution in [-0.4, -0.2) is 56.7 Å². The smallest absolute Gasteiger partial charge is 0.248 e. The third-order valence-corrected chi connectivity index (χ3v) is 3.91. The van der Waals surface area contributed by atoms with E-state index in [2.05, 4.69) is 10.2 Å². The van der Waals surface area contributed by atoms with E-state index in [1.807, 2.05) is 26.4 Å². The van der Waals surface area contributed by atoms with Gasteiger partial charge in [-0.05, 0) is 6.07 Å². The summed E-state index contributed by atoms with van der Waals surface area (Å²) in [6.07, 6.45) is 5.27. The topological polar surface area (TPSA) is 74.4 Å². The second-order valence-electron chi connectivity index (χ2n) is 5.59. The van der Waals surface area contributed by atoms with Crippen molar-refractivity contribution in [1.82, 2.24) is 24.5 Å². The van der Waals surface area contributed by atoms with Crippen LogP contribution in [0.5, 0.6) is 0 Å². The minimum absolute atomic E-state index is 0.0237. The standard InChI is InChI=1S/C15H21N5O3/c1-18-8-12(7-17-18)14-9-20(5-6-23-14)15(21)11-22-10-13-3-4-16-19(13)2/h3-4,7-8,14H,5-6,9-11H2,1-2H3. The van der Waals surface area contributed by atoms with Crippen LogP contribution in [0.4, 0.5) is 0 Å². The van der Waals surface area contributed by atoms with Crippen molar-refractivity contribution >= 4 is 5.91 Å². The number of hydrogen-bond donors (Lipinski definition) is 0. The fraction of sp³-hybridized carbons (Fsp3) is 0.533. The molecule has 0 aliphatic carbocycles. The van der Waals surface area contributed by atoms with Crippen LogP contribution in [-0.2, 0) is 35.0 Å². The minimum Gasteiger partial charge on any atom is -0.370 e. The van der Waals surface area contributed by atoms with Gasteiger partial charge in [0.2, 0.25) is 5.91 Å². The van der Waals surface area contributed by atoms with Crippen LogP contribution in [0.3, 0.4) is 0 Å². The number of aryl methyl sites for hydroxylation is 2. The van der Waals surface area contributed by atoms with Crippen molar-refractivity contribution in [1.29, 1.82) is 0 Å². The van der Waals surface area contributed by atoms with Crippen molar-refractivity contribution < 1.29 is 14.3 Å². The molecule has 0 aromatic carbocycles. The molecule has 1 atom stereocenters. The summed E-state index contributed by atoms with van der Waals surface area (Å²) in [5.41, 5.74) is 1.92. The summed E-state index contributed by atoms with van der Waals surface area (Å²) in [6, 6.07) is 1.87. The van der Waals surface area contributed by atoms with Crippen LogP contribution < -0.4 is 0 Å². The number of nitrogens with zero attached hydrogens (tertiary/aromatic N) is 5. The van der Waals surface area contributed by atoms with Gasteiger partial charge in [-0.25, -0.2) is 0 Å². The number of carbonyl (C=O) groups excluding carboxylic acids is 1. The Morgan fingerprint density at radius 1 is 1.43 bits per heavy atom. The zero-order valence-electron chi connectivity index (χ0n) is 13.4. The fourth-order valence-corrected chi connectivity index (χ4v) is 2.56. The van der Waals surface area contributed by atoms with Gasteiger partial charge in [0.1, 0.15) is 12.7 Å². The molecule has 1 saturated heterocycles. The third kappa shape index (κ3) is 3.77. The molecule has 23 heavy (non-hydrogen) atoms. The molecule has 1 unspecified atom stereocenters. The molecule has 1 aliphatic heterocycles. The van der Waals surface area contributed by atoms with Gasteiger partial charge in [0, 0.05) is 38.6 Å². The summed E-state index contributed by atoms with van der Waals surface area (Å²) in [6.45, 7) is 2.07. The highest BCUT2D eigenvalue weighted by Crippen LogP contribution is 2.21. The molecular weight excluding hydrogens is 298 g/mol. The molecule has 0 saturated carbocycles. The summed E-state index contributed by atoms with van der Waals surface area (Å²) >= 11 is 0. The molecule has 0 N–H and O–H groups in total.